The molecule has 0 unspecified atom stereocenters. The van der Waals surface area contributed by atoms with Gasteiger partial charge in [0.25, 0.3) is 0 Å². The first-order valence-electron chi connectivity index (χ1n) is 8.33. The Morgan fingerprint density at radius 2 is 1.78 bits per heavy atom. The van der Waals surface area contributed by atoms with Gasteiger partial charge in [-0.15, -0.1) is 0 Å². The van der Waals surface area contributed by atoms with E-state index in [1.807, 2.05) is 6.20 Å². The van der Waals surface area contributed by atoms with Gasteiger partial charge >= 0.3 is 0 Å². The summed E-state index contributed by atoms with van der Waals surface area (Å²) in [6, 6.07) is 14.9. The van der Waals surface area contributed by atoms with Gasteiger partial charge in [-0.2, -0.15) is 0 Å². The van der Waals surface area contributed by atoms with Crippen LogP contribution in [0.15, 0.2) is 48.7 Å². The molecule has 0 fully saturated rings. The van der Waals surface area contributed by atoms with Crippen molar-refractivity contribution in [1.29, 1.82) is 0 Å². The summed E-state index contributed by atoms with van der Waals surface area (Å²) >= 11 is 0. The first kappa shape index (κ1) is 15.5. The van der Waals surface area contributed by atoms with Crippen molar-refractivity contribution in [3.05, 3.63) is 54.5 Å². The molecule has 0 bridgehead atoms. The second-order valence-corrected chi connectivity index (χ2v) is 5.93. The van der Waals surface area contributed by atoms with Crippen LogP contribution in [-0.4, -0.2) is 16.3 Å². The zero-order chi connectivity index (χ0) is 15.9. The molecule has 1 aromatic heterocycles. The van der Waals surface area contributed by atoms with E-state index in [1.54, 1.807) is 0 Å². The number of benzene rings is 2. The van der Waals surface area contributed by atoms with Crippen LogP contribution < -0.4 is 0 Å². The highest BCUT2D eigenvalue weighted by Crippen LogP contribution is 2.23. The van der Waals surface area contributed by atoms with Gasteiger partial charge < -0.3 is 9.78 Å². The molecule has 3 rings (SSSR count). The second kappa shape index (κ2) is 7.73. The molecule has 0 aliphatic carbocycles. The van der Waals surface area contributed by atoms with Gasteiger partial charge in [0.2, 0.25) is 0 Å². The van der Waals surface area contributed by atoms with Crippen LogP contribution in [0.1, 0.15) is 37.9 Å². The quantitative estimate of drug-likeness (QED) is 0.474. The fourth-order valence-electron chi connectivity index (χ4n) is 2.87. The number of fused-ring (bicyclic) bond motifs is 1. The molecule has 0 aliphatic heterocycles. The molecule has 1 heterocycles. The third-order valence-electron chi connectivity index (χ3n) is 4.17. The first-order valence-corrected chi connectivity index (χ1v) is 8.33. The maximum Gasteiger partial charge on any atom is 0.119 e. The molecule has 0 aliphatic rings. The van der Waals surface area contributed by atoms with Crippen LogP contribution in [0.5, 0.6) is 0 Å². The lowest BCUT2D eigenvalue weighted by atomic mass is 10.1. The number of aromatic nitrogens is 2. The molecule has 0 spiro atoms. The van der Waals surface area contributed by atoms with Crippen molar-refractivity contribution in [1.82, 2.24) is 9.97 Å². The average Bonchev–Trinajstić information content (AvgIpc) is 3.06. The maximum absolute atomic E-state index is 10.3. The molecular formula is C20H22N2O. The normalized spacial score (nSPS) is 11.0. The summed E-state index contributed by atoms with van der Waals surface area (Å²) in [4.78, 5) is 18.2. The van der Waals surface area contributed by atoms with E-state index in [0.29, 0.717) is 6.42 Å². The highest BCUT2D eigenvalue weighted by Gasteiger charge is 2.04. The van der Waals surface area contributed by atoms with Crippen molar-refractivity contribution in [2.45, 2.75) is 38.5 Å². The van der Waals surface area contributed by atoms with Gasteiger partial charge in [0, 0.05) is 18.4 Å². The molecule has 3 aromatic rings. The molecule has 1 N–H and O–H groups in total. The summed E-state index contributed by atoms with van der Waals surface area (Å²) in [5, 5.41) is 2.50. The number of hydrogen-bond acceptors (Lipinski definition) is 2. The topological polar surface area (TPSA) is 45.8 Å². The zero-order valence-corrected chi connectivity index (χ0v) is 13.3. The zero-order valence-electron chi connectivity index (χ0n) is 13.3. The SMILES string of the molecule is O=CCCCCCCc1ncc(-c2ccc3ccccc3c2)[nH]1. The molecule has 0 saturated heterocycles. The number of aldehydes is 1. The Labute approximate surface area is 136 Å². The fourth-order valence-corrected chi connectivity index (χ4v) is 2.87. The molecule has 23 heavy (non-hydrogen) atoms. The van der Waals surface area contributed by atoms with Crippen molar-refractivity contribution < 1.29 is 4.79 Å². The Kier molecular flexibility index (Phi) is 5.20. The highest BCUT2D eigenvalue weighted by molar-refractivity contribution is 5.86. The van der Waals surface area contributed by atoms with E-state index in [9.17, 15) is 4.79 Å². The number of rotatable bonds is 8. The minimum Gasteiger partial charge on any atom is -0.342 e. The summed E-state index contributed by atoms with van der Waals surface area (Å²) in [5.41, 5.74) is 2.25. The second-order valence-electron chi connectivity index (χ2n) is 5.93. The number of nitrogens with one attached hydrogen (secondary N) is 1. The molecule has 0 amide bonds. The third kappa shape index (κ3) is 4.07. The van der Waals surface area contributed by atoms with Crippen LogP contribution in [0, 0.1) is 0 Å². The Hall–Kier alpha value is -2.42. The maximum atomic E-state index is 10.3. The summed E-state index contributed by atoms with van der Waals surface area (Å²) in [7, 11) is 0. The fraction of sp³-hybridized carbons (Fsp3) is 0.300. The van der Waals surface area contributed by atoms with Gasteiger partial charge in [-0.1, -0.05) is 49.2 Å². The number of aryl methyl sites for hydroxylation is 1. The highest BCUT2D eigenvalue weighted by atomic mass is 16.1. The summed E-state index contributed by atoms with van der Waals surface area (Å²) in [6.45, 7) is 0. The number of carbonyl (C=O) groups excluding carboxylic acids is 1. The number of nitrogens with zero attached hydrogens (tertiary/aromatic N) is 1. The Balaban J connectivity index is 1.60. The minimum absolute atomic E-state index is 0.687. The van der Waals surface area contributed by atoms with E-state index >= 15 is 0 Å². The van der Waals surface area contributed by atoms with E-state index < -0.39 is 0 Å². The van der Waals surface area contributed by atoms with Gasteiger partial charge in [-0.25, -0.2) is 4.98 Å². The predicted molar refractivity (Wildman–Crippen MR) is 94.4 cm³/mol. The van der Waals surface area contributed by atoms with Gasteiger partial charge in [0.1, 0.15) is 12.1 Å². The standard InChI is InChI=1S/C20H22N2O/c23-13-7-3-1-2-4-10-20-21-15-19(22-20)18-12-11-16-8-5-6-9-17(16)14-18/h5-6,8-9,11-15H,1-4,7,10H2,(H,21,22). The lowest BCUT2D eigenvalue weighted by Gasteiger charge is -2.02. The number of unbranched alkanes of at least 4 members (excludes halogenated alkanes) is 4. The third-order valence-corrected chi connectivity index (χ3v) is 4.17. The van der Waals surface area contributed by atoms with Crippen molar-refractivity contribution in [3.63, 3.8) is 0 Å². The molecule has 2 aromatic carbocycles. The van der Waals surface area contributed by atoms with Gasteiger partial charge in [-0.3, -0.25) is 0 Å². The molecule has 118 valence electrons. The van der Waals surface area contributed by atoms with Crippen molar-refractivity contribution >= 4 is 17.1 Å². The van der Waals surface area contributed by atoms with E-state index in [2.05, 4.69) is 52.4 Å². The number of imidazole rings is 1. The van der Waals surface area contributed by atoms with Crippen molar-refractivity contribution in [2.75, 3.05) is 0 Å². The first-order chi connectivity index (χ1) is 11.4. The number of H-pyrrole nitrogens is 1. The molecule has 3 heteroatoms. The molecule has 0 radical (unpaired) electrons. The summed E-state index contributed by atoms with van der Waals surface area (Å²) in [6.07, 6.45) is 8.97. The monoisotopic (exact) mass is 306 g/mol. The van der Waals surface area contributed by atoms with Gasteiger partial charge in [-0.05, 0) is 29.7 Å². The van der Waals surface area contributed by atoms with Crippen LogP contribution in [-0.2, 0) is 11.2 Å². The van der Waals surface area contributed by atoms with Crippen molar-refractivity contribution in [3.8, 4) is 11.3 Å². The number of aromatic amines is 1. The largest absolute Gasteiger partial charge is 0.342 e. The van der Waals surface area contributed by atoms with E-state index in [4.69, 9.17) is 0 Å². The molecule has 0 saturated carbocycles. The molecule has 0 atom stereocenters. The van der Waals surface area contributed by atoms with Crippen LogP contribution in [0.3, 0.4) is 0 Å². The number of carbonyl (C=O) groups is 1. The van der Waals surface area contributed by atoms with E-state index in [0.717, 1.165) is 49.9 Å². The van der Waals surface area contributed by atoms with Crippen molar-refractivity contribution in [2.24, 2.45) is 0 Å². The Bertz CT molecular complexity index is 776. The van der Waals surface area contributed by atoms with Gasteiger partial charge in [0.15, 0.2) is 0 Å². The number of hydrogen-bond donors (Lipinski definition) is 1. The van der Waals surface area contributed by atoms with Crippen LogP contribution >= 0.6 is 0 Å². The van der Waals surface area contributed by atoms with Crippen LogP contribution in [0.4, 0.5) is 0 Å². The Morgan fingerprint density at radius 3 is 2.65 bits per heavy atom. The lowest BCUT2D eigenvalue weighted by Crippen LogP contribution is -1.89. The van der Waals surface area contributed by atoms with E-state index in [-0.39, 0.29) is 0 Å². The predicted octanol–water partition coefficient (Wildman–Crippen LogP) is 4.92. The summed E-state index contributed by atoms with van der Waals surface area (Å²) in [5.74, 6) is 1.04. The van der Waals surface area contributed by atoms with E-state index in [1.165, 1.54) is 16.3 Å². The molecular weight excluding hydrogens is 284 g/mol. The summed E-state index contributed by atoms with van der Waals surface area (Å²) < 4.78 is 0. The van der Waals surface area contributed by atoms with Crippen LogP contribution in [0.2, 0.25) is 0 Å². The average molecular weight is 306 g/mol. The minimum atomic E-state index is 0.687. The van der Waals surface area contributed by atoms with Gasteiger partial charge in [0.05, 0.1) is 11.9 Å². The lowest BCUT2D eigenvalue weighted by molar-refractivity contribution is -0.107. The Morgan fingerprint density at radius 1 is 0.957 bits per heavy atom. The molecule has 3 nitrogen and oxygen atoms in total. The smallest absolute Gasteiger partial charge is 0.119 e. The van der Waals surface area contributed by atoms with Crippen LogP contribution in [0.25, 0.3) is 22.0 Å².